The minimum atomic E-state index is -0.747. The predicted octanol–water partition coefficient (Wildman–Crippen LogP) is 1.31. The van der Waals surface area contributed by atoms with E-state index >= 15 is 0 Å². The van der Waals surface area contributed by atoms with Crippen LogP contribution in [0.5, 0.6) is 0 Å². The van der Waals surface area contributed by atoms with E-state index in [0.717, 1.165) is 18.7 Å². The molecule has 1 aromatic heterocycles. The summed E-state index contributed by atoms with van der Waals surface area (Å²) in [5, 5.41) is 13.6. The average molecular weight is 263 g/mol. The van der Waals surface area contributed by atoms with Gasteiger partial charge in [-0.1, -0.05) is 6.42 Å². The van der Waals surface area contributed by atoms with Crippen LogP contribution in [0, 0.1) is 0 Å². The second-order valence-electron chi connectivity index (χ2n) is 5.59. The molecule has 2 N–H and O–H groups in total. The number of hydrogen-bond donors (Lipinski definition) is 2. The molecule has 1 atom stereocenters. The minimum Gasteiger partial charge on any atom is -0.386 e. The van der Waals surface area contributed by atoms with E-state index in [1.165, 1.54) is 30.5 Å². The third-order valence-corrected chi connectivity index (χ3v) is 4.04. The number of aliphatic hydroxyl groups is 1. The molecule has 1 unspecified atom stereocenters. The maximum Gasteiger partial charge on any atom is 0.132 e. The van der Waals surface area contributed by atoms with Crippen molar-refractivity contribution >= 4 is 5.82 Å². The molecule has 1 fully saturated rings. The number of anilines is 1. The smallest absolute Gasteiger partial charge is 0.132 e. The number of aromatic nitrogens is 2. The van der Waals surface area contributed by atoms with Gasteiger partial charge in [0.05, 0.1) is 6.61 Å². The summed E-state index contributed by atoms with van der Waals surface area (Å²) < 4.78 is 5.26. The highest BCUT2D eigenvalue weighted by Gasteiger charge is 2.32. The van der Waals surface area contributed by atoms with Gasteiger partial charge in [-0.15, -0.1) is 0 Å². The summed E-state index contributed by atoms with van der Waals surface area (Å²) in [6.07, 6.45) is 8.06. The van der Waals surface area contributed by atoms with Crippen molar-refractivity contribution in [2.24, 2.45) is 0 Å². The molecule has 0 spiro atoms. The van der Waals surface area contributed by atoms with Crippen molar-refractivity contribution in [2.75, 3.05) is 25.1 Å². The van der Waals surface area contributed by atoms with E-state index in [2.05, 4.69) is 15.3 Å². The van der Waals surface area contributed by atoms with Crippen molar-refractivity contribution in [1.29, 1.82) is 0 Å². The second kappa shape index (κ2) is 5.43. The predicted molar refractivity (Wildman–Crippen MR) is 72.2 cm³/mol. The Bertz CT molecular complexity index is 444. The zero-order valence-electron chi connectivity index (χ0n) is 11.2. The second-order valence-corrected chi connectivity index (χ2v) is 5.59. The van der Waals surface area contributed by atoms with Gasteiger partial charge in [-0.05, 0) is 25.7 Å². The fourth-order valence-corrected chi connectivity index (χ4v) is 2.83. The van der Waals surface area contributed by atoms with Gasteiger partial charge in [0, 0.05) is 30.8 Å². The van der Waals surface area contributed by atoms with Crippen LogP contribution in [0.4, 0.5) is 5.82 Å². The van der Waals surface area contributed by atoms with Crippen LogP contribution >= 0.6 is 0 Å². The van der Waals surface area contributed by atoms with Gasteiger partial charge in [-0.2, -0.15) is 0 Å². The maximum atomic E-state index is 10.3. The molecule has 0 amide bonds. The Hall–Kier alpha value is -1.20. The van der Waals surface area contributed by atoms with E-state index in [4.69, 9.17) is 4.74 Å². The fraction of sp³-hybridized carbons (Fsp3) is 0.714. The van der Waals surface area contributed by atoms with Gasteiger partial charge < -0.3 is 15.2 Å². The quantitative estimate of drug-likeness (QED) is 0.805. The first-order chi connectivity index (χ1) is 9.27. The first-order valence-corrected chi connectivity index (χ1v) is 7.14. The van der Waals surface area contributed by atoms with E-state index in [1.54, 1.807) is 6.33 Å². The highest BCUT2D eigenvalue weighted by Crippen LogP contribution is 2.25. The normalized spacial score (nSPS) is 26.8. The number of aryl methyl sites for hydroxylation is 1. The Morgan fingerprint density at radius 1 is 1.26 bits per heavy atom. The highest BCUT2D eigenvalue weighted by molar-refractivity contribution is 5.46. The van der Waals surface area contributed by atoms with Crippen molar-refractivity contribution in [2.45, 2.75) is 44.1 Å². The summed E-state index contributed by atoms with van der Waals surface area (Å²) in [5.74, 6) is 0.896. The Balaban J connectivity index is 1.73. The van der Waals surface area contributed by atoms with Gasteiger partial charge in [-0.3, -0.25) is 0 Å². The lowest BCUT2D eigenvalue weighted by Gasteiger charge is -2.22. The number of fused-ring (bicyclic) bond motifs is 1. The molecule has 104 valence electrons. The zero-order valence-corrected chi connectivity index (χ0v) is 11.2. The molecular formula is C14H21N3O2. The first kappa shape index (κ1) is 12.8. The van der Waals surface area contributed by atoms with Crippen LogP contribution in [-0.4, -0.2) is 40.4 Å². The Kier molecular flexibility index (Phi) is 3.66. The SMILES string of the molecule is OC1(CNc2ncnc3c2CCCCC3)CCOC1. The molecule has 0 bridgehead atoms. The topological polar surface area (TPSA) is 67.3 Å². The number of ether oxygens (including phenoxy) is 1. The Labute approximate surface area is 113 Å². The van der Waals surface area contributed by atoms with Gasteiger partial charge in [0.25, 0.3) is 0 Å². The summed E-state index contributed by atoms with van der Waals surface area (Å²) in [4.78, 5) is 8.75. The number of nitrogens with zero attached hydrogens (tertiary/aromatic N) is 2. The molecule has 1 aliphatic heterocycles. The van der Waals surface area contributed by atoms with Crippen molar-refractivity contribution in [1.82, 2.24) is 9.97 Å². The summed E-state index contributed by atoms with van der Waals surface area (Å²) in [5.41, 5.74) is 1.66. The largest absolute Gasteiger partial charge is 0.386 e. The lowest BCUT2D eigenvalue weighted by Crippen LogP contribution is -2.37. The van der Waals surface area contributed by atoms with Crippen LogP contribution in [0.3, 0.4) is 0 Å². The molecule has 0 aromatic carbocycles. The lowest BCUT2D eigenvalue weighted by atomic mass is 10.0. The van der Waals surface area contributed by atoms with E-state index in [9.17, 15) is 5.11 Å². The molecule has 5 nitrogen and oxygen atoms in total. The fourth-order valence-electron chi connectivity index (χ4n) is 2.83. The maximum absolute atomic E-state index is 10.3. The molecule has 5 heteroatoms. The number of rotatable bonds is 3. The molecule has 1 aliphatic carbocycles. The minimum absolute atomic E-state index is 0.410. The van der Waals surface area contributed by atoms with Crippen molar-refractivity contribution in [3.63, 3.8) is 0 Å². The van der Waals surface area contributed by atoms with E-state index in [1.807, 2.05) is 0 Å². The molecule has 0 saturated carbocycles. The highest BCUT2D eigenvalue weighted by atomic mass is 16.5. The summed E-state index contributed by atoms with van der Waals surface area (Å²) >= 11 is 0. The third-order valence-electron chi connectivity index (χ3n) is 4.04. The van der Waals surface area contributed by atoms with Gasteiger partial charge in [-0.25, -0.2) is 9.97 Å². The standard InChI is InChI=1S/C14H21N3O2/c18-14(6-7-19-9-14)8-15-13-11-4-2-1-3-5-12(11)16-10-17-13/h10,18H,1-9H2,(H,15,16,17). The van der Waals surface area contributed by atoms with Crippen LogP contribution in [0.2, 0.25) is 0 Å². The van der Waals surface area contributed by atoms with Crippen LogP contribution in [0.25, 0.3) is 0 Å². The van der Waals surface area contributed by atoms with Crippen molar-refractivity contribution in [3.8, 4) is 0 Å². The van der Waals surface area contributed by atoms with Crippen molar-refractivity contribution in [3.05, 3.63) is 17.6 Å². The van der Waals surface area contributed by atoms with E-state index in [-0.39, 0.29) is 0 Å². The van der Waals surface area contributed by atoms with Gasteiger partial charge in [0.2, 0.25) is 0 Å². The average Bonchev–Trinajstić information content (AvgIpc) is 2.71. The summed E-state index contributed by atoms with van der Waals surface area (Å²) in [6.45, 7) is 1.55. The van der Waals surface area contributed by atoms with Crippen LogP contribution in [-0.2, 0) is 17.6 Å². The Morgan fingerprint density at radius 2 is 2.16 bits per heavy atom. The molecule has 2 aliphatic rings. The van der Waals surface area contributed by atoms with Gasteiger partial charge in [0.15, 0.2) is 0 Å². The molecule has 3 rings (SSSR count). The van der Waals surface area contributed by atoms with Crippen LogP contribution in [0.1, 0.15) is 36.9 Å². The monoisotopic (exact) mass is 263 g/mol. The number of hydrogen-bond acceptors (Lipinski definition) is 5. The lowest BCUT2D eigenvalue weighted by molar-refractivity contribution is 0.0381. The molecule has 2 heterocycles. The molecule has 1 aromatic rings. The summed E-state index contributed by atoms with van der Waals surface area (Å²) in [7, 11) is 0. The van der Waals surface area contributed by atoms with E-state index < -0.39 is 5.60 Å². The van der Waals surface area contributed by atoms with Crippen molar-refractivity contribution < 1.29 is 9.84 Å². The van der Waals surface area contributed by atoms with Crippen LogP contribution in [0.15, 0.2) is 6.33 Å². The molecule has 0 radical (unpaired) electrons. The third kappa shape index (κ3) is 2.87. The van der Waals surface area contributed by atoms with Gasteiger partial charge >= 0.3 is 0 Å². The number of nitrogens with one attached hydrogen (secondary N) is 1. The van der Waals surface area contributed by atoms with Crippen LogP contribution < -0.4 is 5.32 Å². The van der Waals surface area contributed by atoms with Gasteiger partial charge in [0.1, 0.15) is 17.7 Å². The Morgan fingerprint density at radius 3 is 3.00 bits per heavy atom. The molecule has 19 heavy (non-hydrogen) atoms. The molecular weight excluding hydrogens is 242 g/mol. The zero-order chi connectivity index (χ0) is 13.1. The molecule has 1 saturated heterocycles. The van der Waals surface area contributed by atoms with E-state index in [0.29, 0.717) is 26.2 Å². The summed E-state index contributed by atoms with van der Waals surface area (Å²) in [6, 6.07) is 0. The first-order valence-electron chi connectivity index (χ1n) is 7.14.